The molecule has 2 aromatic rings. The van der Waals surface area contributed by atoms with Crippen molar-refractivity contribution in [3.8, 4) is 11.5 Å². The lowest BCUT2D eigenvalue weighted by Gasteiger charge is -2.35. The van der Waals surface area contributed by atoms with Gasteiger partial charge in [0.1, 0.15) is 11.2 Å². The fourth-order valence-corrected chi connectivity index (χ4v) is 4.93. The first-order valence-corrected chi connectivity index (χ1v) is 12.4. The van der Waals surface area contributed by atoms with Gasteiger partial charge in [0.05, 0.1) is 43.1 Å². The van der Waals surface area contributed by atoms with Crippen molar-refractivity contribution in [1.29, 1.82) is 0 Å². The second-order valence-corrected chi connectivity index (χ2v) is 9.20. The van der Waals surface area contributed by atoms with Gasteiger partial charge in [0.15, 0.2) is 11.5 Å². The number of nitrogens with zero attached hydrogens (tertiary/aromatic N) is 2. The van der Waals surface area contributed by atoms with Crippen LogP contribution >= 0.6 is 11.3 Å². The Hall–Kier alpha value is -3.11. The number of carbonyl (C=O) groups is 2. The van der Waals surface area contributed by atoms with Gasteiger partial charge in [0.2, 0.25) is 5.91 Å². The smallest absolute Gasteiger partial charge is 0.333 e. The molecular weight excluding hydrogens is 472 g/mol. The summed E-state index contributed by atoms with van der Waals surface area (Å²) < 4.78 is 23.7. The summed E-state index contributed by atoms with van der Waals surface area (Å²) in [6, 6.07) is 5.36. The fourth-order valence-electron chi connectivity index (χ4n) is 3.89. The molecule has 2 heterocycles. The minimum atomic E-state index is -0.571. The van der Waals surface area contributed by atoms with Crippen LogP contribution in [0.4, 0.5) is 0 Å². The predicted molar refractivity (Wildman–Crippen MR) is 133 cm³/mol. The fraction of sp³-hybridized carbons (Fsp3) is 0.480. The molecule has 190 valence electrons. The van der Waals surface area contributed by atoms with Crippen LogP contribution in [0.15, 0.2) is 23.0 Å². The summed E-state index contributed by atoms with van der Waals surface area (Å²) in [4.78, 5) is 40.2. The van der Waals surface area contributed by atoms with E-state index in [2.05, 4.69) is 0 Å². The topological polar surface area (TPSA) is 96.3 Å². The Labute approximate surface area is 208 Å². The lowest BCUT2D eigenvalue weighted by atomic mass is 10.2. The van der Waals surface area contributed by atoms with Gasteiger partial charge < -0.3 is 23.8 Å². The number of aromatic nitrogens is 1. The number of hydrogen-bond acceptors (Lipinski definition) is 8. The van der Waals surface area contributed by atoms with Crippen LogP contribution in [0.1, 0.15) is 33.3 Å². The highest BCUT2D eigenvalue weighted by molar-refractivity contribution is 7.07. The SMILES string of the molecule is CCOC(=O)/C=c1\s/c(=C/c2ccc(OCC)c(OC)c2)c(=O)n1CC(=O)N1C[C@H](C)O[C@@H](C)C1. The average molecular weight is 505 g/mol. The van der Waals surface area contributed by atoms with Crippen molar-refractivity contribution in [1.82, 2.24) is 9.47 Å². The molecule has 0 saturated carbocycles. The van der Waals surface area contributed by atoms with Crippen LogP contribution in [-0.2, 0) is 25.6 Å². The molecule has 1 fully saturated rings. The molecule has 1 aromatic heterocycles. The molecule has 0 bridgehead atoms. The van der Waals surface area contributed by atoms with E-state index < -0.39 is 5.97 Å². The second kappa shape index (κ2) is 12.0. The Kier molecular flexibility index (Phi) is 9.11. The van der Waals surface area contributed by atoms with Gasteiger partial charge in [0.25, 0.3) is 5.56 Å². The van der Waals surface area contributed by atoms with Crippen LogP contribution in [0.5, 0.6) is 11.5 Å². The van der Waals surface area contributed by atoms with Crippen molar-refractivity contribution in [2.75, 3.05) is 33.4 Å². The molecule has 0 unspecified atom stereocenters. The first-order valence-electron chi connectivity index (χ1n) is 11.6. The Balaban J connectivity index is 2.02. The third-order valence-corrected chi connectivity index (χ3v) is 6.38. The average Bonchev–Trinajstić information content (AvgIpc) is 3.08. The third kappa shape index (κ3) is 6.73. The van der Waals surface area contributed by atoms with E-state index in [4.69, 9.17) is 18.9 Å². The molecule has 3 rings (SSSR count). The summed E-state index contributed by atoms with van der Waals surface area (Å²) in [5.41, 5.74) is 0.363. The van der Waals surface area contributed by atoms with Crippen molar-refractivity contribution < 1.29 is 28.5 Å². The number of carbonyl (C=O) groups excluding carboxylic acids is 2. The molecule has 1 amide bonds. The highest BCUT2D eigenvalue weighted by atomic mass is 32.1. The Bertz CT molecular complexity index is 1220. The minimum Gasteiger partial charge on any atom is -0.493 e. The lowest BCUT2D eigenvalue weighted by Crippen LogP contribution is -2.50. The van der Waals surface area contributed by atoms with E-state index in [1.54, 1.807) is 37.1 Å². The summed E-state index contributed by atoms with van der Waals surface area (Å²) in [5, 5.41) is 0. The van der Waals surface area contributed by atoms with Crippen molar-refractivity contribution in [3.63, 3.8) is 0 Å². The van der Waals surface area contributed by atoms with Gasteiger partial charge >= 0.3 is 5.97 Å². The first-order chi connectivity index (χ1) is 16.7. The molecule has 0 aliphatic carbocycles. The molecule has 35 heavy (non-hydrogen) atoms. The second-order valence-electron chi connectivity index (χ2n) is 8.14. The number of benzene rings is 1. The number of thiazole rings is 1. The highest BCUT2D eigenvalue weighted by Gasteiger charge is 2.26. The Morgan fingerprint density at radius 1 is 1.14 bits per heavy atom. The number of rotatable bonds is 8. The van der Waals surface area contributed by atoms with Gasteiger partial charge in [-0.1, -0.05) is 6.07 Å². The molecule has 1 aromatic carbocycles. The largest absolute Gasteiger partial charge is 0.493 e. The van der Waals surface area contributed by atoms with E-state index in [1.807, 2.05) is 26.8 Å². The maximum Gasteiger partial charge on any atom is 0.333 e. The molecule has 0 radical (unpaired) electrons. The zero-order chi connectivity index (χ0) is 25.5. The van der Waals surface area contributed by atoms with E-state index >= 15 is 0 Å². The van der Waals surface area contributed by atoms with Crippen molar-refractivity contribution in [2.45, 2.75) is 46.4 Å². The molecule has 1 aliphatic heterocycles. The predicted octanol–water partition coefficient (Wildman–Crippen LogP) is 1.13. The Morgan fingerprint density at radius 2 is 1.86 bits per heavy atom. The van der Waals surface area contributed by atoms with Crippen LogP contribution in [0.2, 0.25) is 0 Å². The number of methoxy groups -OCH3 is 1. The number of hydrogen-bond donors (Lipinski definition) is 0. The van der Waals surface area contributed by atoms with E-state index in [9.17, 15) is 14.4 Å². The van der Waals surface area contributed by atoms with Gasteiger partial charge in [-0.15, -0.1) is 11.3 Å². The van der Waals surface area contributed by atoms with Crippen molar-refractivity contribution in [2.24, 2.45) is 0 Å². The lowest BCUT2D eigenvalue weighted by molar-refractivity contribution is -0.144. The molecule has 10 heteroatoms. The molecule has 0 N–H and O–H groups in total. The van der Waals surface area contributed by atoms with Crippen LogP contribution in [-0.4, -0.2) is 67.0 Å². The van der Waals surface area contributed by atoms with Crippen LogP contribution in [0.3, 0.4) is 0 Å². The number of esters is 1. The highest BCUT2D eigenvalue weighted by Crippen LogP contribution is 2.28. The van der Waals surface area contributed by atoms with Gasteiger partial charge in [-0.25, -0.2) is 4.79 Å². The molecular formula is C25H32N2O7S. The van der Waals surface area contributed by atoms with E-state index in [1.165, 1.54) is 10.6 Å². The summed E-state index contributed by atoms with van der Waals surface area (Å²) in [5.74, 6) is 0.366. The maximum atomic E-state index is 13.3. The van der Waals surface area contributed by atoms with Gasteiger partial charge in [0, 0.05) is 13.1 Å². The minimum absolute atomic E-state index is 0.0917. The van der Waals surface area contributed by atoms with Gasteiger partial charge in [-0.3, -0.25) is 14.2 Å². The summed E-state index contributed by atoms with van der Waals surface area (Å²) in [6.07, 6.45) is 2.77. The zero-order valence-corrected chi connectivity index (χ0v) is 21.6. The quantitative estimate of drug-likeness (QED) is 0.497. The number of morpholine rings is 1. The molecule has 1 aliphatic rings. The normalized spacial score (nSPS) is 19.1. The molecule has 2 atom stereocenters. The van der Waals surface area contributed by atoms with Gasteiger partial charge in [-0.05, 0) is 51.5 Å². The zero-order valence-electron chi connectivity index (χ0n) is 20.7. The van der Waals surface area contributed by atoms with Crippen LogP contribution < -0.4 is 24.2 Å². The van der Waals surface area contributed by atoms with Crippen molar-refractivity contribution >= 4 is 35.4 Å². The van der Waals surface area contributed by atoms with Crippen LogP contribution in [0.25, 0.3) is 12.2 Å². The van der Waals surface area contributed by atoms with Crippen LogP contribution in [0, 0.1) is 0 Å². The van der Waals surface area contributed by atoms with Crippen molar-refractivity contribution in [3.05, 3.63) is 43.3 Å². The summed E-state index contributed by atoms with van der Waals surface area (Å²) in [6.45, 7) is 8.82. The van der Waals surface area contributed by atoms with E-state index in [-0.39, 0.29) is 36.8 Å². The monoisotopic (exact) mass is 504 g/mol. The standard InChI is InChI=1S/C25H32N2O7S/c1-6-32-19-9-8-18(10-20(19)31-5)11-21-25(30)27(23(35-21)12-24(29)33-7-2)15-22(28)26-13-16(3)34-17(4)14-26/h8-12,16-17H,6-7,13-15H2,1-5H3/b21-11+,23-12-/t16-,17-/m0/s1. The van der Waals surface area contributed by atoms with Gasteiger partial charge in [-0.2, -0.15) is 0 Å². The maximum absolute atomic E-state index is 13.3. The first kappa shape index (κ1) is 26.5. The number of amides is 1. The molecule has 9 nitrogen and oxygen atoms in total. The van der Waals surface area contributed by atoms with E-state index in [0.29, 0.717) is 40.4 Å². The molecule has 1 saturated heterocycles. The Morgan fingerprint density at radius 3 is 2.49 bits per heavy atom. The third-order valence-electron chi connectivity index (χ3n) is 5.32. The van der Waals surface area contributed by atoms with E-state index in [0.717, 1.165) is 16.9 Å². The number of ether oxygens (including phenoxy) is 4. The molecule has 0 spiro atoms. The summed E-state index contributed by atoms with van der Waals surface area (Å²) in [7, 11) is 1.55. The summed E-state index contributed by atoms with van der Waals surface area (Å²) >= 11 is 1.12.